The summed E-state index contributed by atoms with van der Waals surface area (Å²) >= 11 is 0. The van der Waals surface area contributed by atoms with Gasteiger partial charge in [-0.3, -0.25) is 0 Å². The maximum atomic E-state index is 4.67. The van der Waals surface area contributed by atoms with Crippen molar-refractivity contribution in [2.45, 2.75) is 107 Å². The first-order chi connectivity index (χ1) is 14.9. The van der Waals surface area contributed by atoms with E-state index in [2.05, 4.69) is 94.4 Å². The second-order valence-corrected chi connectivity index (χ2v) is 8.43. The first-order valence-corrected chi connectivity index (χ1v) is 12.4. The molecule has 172 valence electrons. The van der Waals surface area contributed by atoms with E-state index in [1.165, 1.54) is 47.3 Å². The lowest BCUT2D eigenvalue weighted by molar-refractivity contribution is 0.621. The lowest BCUT2D eigenvalue weighted by Crippen LogP contribution is -2.01. The monoisotopic (exact) mass is 422 g/mol. The Morgan fingerprint density at radius 3 is 2.13 bits per heavy atom. The van der Waals surface area contributed by atoms with Crippen LogP contribution in [0.1, 0.15) is 101 Å². The van der Waals surface area contributed by atoms with Crippen LogP contribution in [0.15, 0.2) is 36.4 Å². The molecule has 0 aliphatic heterocycles. The van der Waals surface area contributed by atoms with Crippen molar-refractivity contribution in [3.05, 3.63) is 64.5 Å². The number of unbranched alkanes of at least 4 members (excludes halogenated alkanes) is 1. The maximum Gasteiger partial charge on any atom is 0.109 e. The molecule has 0 N–H and O–H groups in total. The Kier molecular flexibility index (Phi) is 12.2. The molecule has 1 unspecified atom stereocenters. The minimum atomic E-state index is 0.717. The van der Waals surface area contributed by atoms with Gasteiger partial charge in [0, 0.05) is 13.0 Å². The third kappa shape index (κ3) is 7.83. The molecule has 0 spiro atoms. The first kappa shape index (κ1) is 26.9. The van der Waals surface area contributed by atoms with Gasteiger partial charge in [-0.1, -0.05) is 84.2 Å². The van der Waals surface area contributed by atoms with E-state index in [4.69, 9.17) is 0 Å². The molecule has 1 atom stereocenters. The average molecular weight is 423 g/mol. The minimum absolute atomic E-state index is 0.717. The molecule has 2 heteroatoms. The largest absolute Gasteiger partial charge is 0.328 e. The van der Waals surface area contributed by atoms with E-state index in [0.29, 0.717) is 0 Å². The fourth-order valence-electron chi connectivity index (χ4n) is 3.99. The van der Waals surface area contributed by atoms with Crippen molar-refractivity contribution < 1.29 is 0 Å². The molecule has 1 aromatic heterocycles. The molecule has 0 saturated heterocycles. The van der Waals surface area contributed by atoms with Crippen molar-refractivity contribution in [2.75, 3.05) is 0 Å². The summed E-state index contributed by atoms with van der Waals surface area (Å²) in [5, 5.41) is 0. The maximum absolute atomic E-state index is 4.67. The van der Waals surface area contributed by atoms with Crippen molar-refractivity contribution in [2.24, 2.45) is 0 Å². The molecule has 0 saturated carbocycles. The van der Waals surface area contributed by atoms with Gasteiger partial charge in [0.15, 0.2) is 0 Å². The van der Waals surface area contributed by atoms with Crippen LogP contribution >= 0.6 is 0 Å². The Bertz CT molecular complexity index is 904. The van der Waals surface area contributed by atoms with E-state index in [1.54, 1.807) is 5.56 Å². The van der Waals surface area contributed by atoms with Crippen molar-refractivity contribution in [3.8, 4) is 0 Å². The highest BCUT2D eigenvalue weighted by atomic mass is 15.1. The molecule has 0 aliphatic rings. The van der Waals surface area contributed by atoms with Gasteiger partial charge in [0.2, 0.25) is 0 Å². The summed E-state index contributed by atoms with van der Waals surface area (Å²) in [7, 11) is 0. The number of benzene rings is 2. The molecule has 3 rings (SSSR count). The number of hydrogen-bond acceptors (Lipinski definition) is 1. The quantitative estimate of drug-likeness (QED) is 0.371. The number of imidazole rings is 1. The van der Waals surface area contributed by atoms with E-state index in [0.717, 1.165) is 30.8 Å². The molecule has 2 aromatic carbocycles. The molecule has 3 aromatic rings. The van der Waals surface area contributed by atoms with Crippen LogP contribution in [0.25, 0.3) is 11.0 Å². The van der Waals surface area contributed by atoms with Crippen molar-refractivity contribution in [1.82, 2.24) is 9.55 Å². The van der Waals surface area contributed by atoms with E-state index < -0.39 is 0 Å². The molecule has 0 radical (unpaired) electrons. The molecule has 1 heterocycles. The van der Waals surface area contributed by atoms with Gasteiger partial charge in [-0.15, -0.1) is 0 Å². The number of aromatic nitrogens is 2. The number of aryl methyl sites for hydroxylation is 5. The van der Waals surface area contributed by atoms with Gasteiger partial charge in [-0.05, 0) is 68.4 Å². The Balaban J connectivity index is 0.000000288. The number of rotatable bonds is 7. The minimum Gasteiger partial charge on any atom is -0.328 e. The van der Waals surface area contributed by atoms with Crippen LogP contribution in [-0.2, 0) is 13.0 Å². The van der Waals surface area contributed by atoms with E-state index in [-0.39, 0.29) is 0 Å². The Morgan fingerprint density at radius 1 is 0.871 bits per heavy atom. The van der Waals surface area contributed by atoms with Crippen LogP contribution in [0.4, 0.5) is 0 Å². The van der Waals surface area contributed by atoms with E-state index >= 15 is 0 Å². The standard InChI is InChI=1S/C14H22.C13H18N2.C2H6/c1-5-6-7-12(3)14-10-11(2)8-9-13(14)4;1-4-8-15-12-7-6-10(3)9-11(12)14-13(15)5-2;1-2/h8-10,12H,5-7H2,1-4H3;6-7,9H,4-5,8H2,1-3H3;1-2H3. The molecular weight excluding hydrogens is 376 g/mol. The zero-order chi connectivity index (χ0) is 23.4. The lowest BCUT2D eigenvalue weighted by atomic mass is 9.91. The summed E-state index contributed by atoms with van der Waals surface area (Å²) in [6.45, 7) is 20.6. The van der Waals surface area contributed by atoms with Gasteiger partial charge in [0.05, 0.1) is 11.0 Å². The van der Waals surface area contributed by atoms with E-state index in [1.807, 2.05) is 13.8 Å². The van der Waals surface area contributed by atoms with Crippen LogP contribution in [0.3, 0.4) is 0 Å². The number of nitrogens with zero attached hydrogens (tertiary/aromatic N) is 2. The molecule has 0 aliphatic carbocycles. The number of fused-ring (bicyclic) bond motifs is 1. The predicted octanol–water partition coefficient (Wildman–Crippen LogP) is 8.94. The summed E-state index contributed by atoms with van der Waals surface area (Å²) in [5.74, 6) is 1.92. The highest BCUT2D eigenvalue weighted by Gasteiger charge is 2.08. The molecule has 2 nitrogen and oxygen atoms in total. The third-order valence-electron chi connectivity index (χ3n) is 5.70. The molecule has 0 bridgehead atoms. The molecule has 31 heavy (non-hydrogen) atoms. The van der Waals surface area contributed by atoms with Crippen LogP contribution in [0, 0.1) is 20.8 Å². The second-order valence-electron chi connectivity index (χ2n) is 8.43. The zero-order valence-electron chi connectivity index (χ0n) is 21.7. The van der Waals surface area contributed by atoms with Crippen molar-refractivity contribution in [3.63, 3.8) is 0 Å². The fraction of sp³-hybridized carbons (Fsp3) is 0.552. The summed E-state index contributed by atoms with van der Waals surface area (Å²) in [6, 6.07) is 13.3. The van der Waals surface area contributed by atoms with Gasteiger partial charge in [-0.25, -0.2) is 4.98 Å². The lowest BCUT2D eigenvalue weighted by Gasteiger charge is -2.14. The summed E-state index contributed by atoms with van der Waals surface area (Å²) < 4.78 is 2.34. The smallest absolute Gasteiger partial charge is 0.109 e. The van der Waals surface area contributed by atoms with Gasteiger partial charge in [0.25, 0.3) is 0 Å². The van der Waals surface area contributed by atoms with E-state index in [9.17, 15) is 0 Å². The van der Waals surface area contributed by atoms with Gasteiger partial charge >= 0.3 is 0 Å². The first-order valence-electron chi connectivity index (χ1n) is 12.4. The normalized spacial score (nSPS) is 11.4. The average Bonchev–Trinajstić information content (AvgIpc) is 3.12. The summed E-state index contributed by atoms with van der Waals surface area (Å²) in [4.78, 5) is 4.67. The molecule has 0 fully saturated rings. The predicted molar refractivity (Wildman–Crippen MR) is 139 cm³/mol. The SMILES string of the molecule is CC.CCCCC(C)c1cc(C)ccc1C.CCCn1c(CC)nc2cc(C)ccc21. The Morgan fingerprint density at radius 2 is 1.52 bits per heavy atom. The Labute approximate surface area is 192 Å². The van der Waals surface area contributed by atoms with Crippen LogP contribution in [0.5, 0.6) is 0 Å². The third-order valence-corrected chi connectivity index (χ3v) is 5.70. The summed E-state index contributed by atoms with van der Waals surface area (Å²) in [5.41, 5.74) is 8.07. The highest BCUT2D eigenvalue weighted by Crippen LogP contribution is 2.25. The van der Waals surface area contributed by atoms with Crippen LogP contribution in [-0.4, -0.2) is 9.55 Å². The van der Waals surface area contributed by atoms with Crippen molar-refractivity contribution in [1.29, 1.82) is 0 Å². The van der Waals surface area contributed by atoms with Gasteiger partial charge < -0.3 is 4.57 Å². The molecule has 0 amide bonds. The zero-order valence-corrected chi connectivity index (χ0v) is 21.7. The Hall–Kier alpha value is -2.09. The van der Waals surface area contributed by atoms with Crippen molar-refractivity contribution >= 4 is 11.0 Å². The highest BCUT2D eigenvalue weighted by molar-refractivity contribution is 5.76. The summed E-state index contributed by atoms with van der Waals surface area (Å²) in [6.07, 6.45) is 6.13. The number of hydrogen-bond donors (Lipinski definition) is 0. The van der Waals surface area contributed by atoms with Gasteiger partial charge in [-0.2, -0.15) is 0 Å². The topological polar surface area (TPSA) is 17.8 Å². The molecular formula is C29H46N2. The van der Waals surface area contributed by atoms with Crippen LogP contribution in [0.2, 0.25) is 0 Å². The fourth-order valence-corrected chi connectivity index (χ4v) is 3.99. The van der Waals surface area contributed by atoms with Gasteiger partial charge in [0.1, 0.15) is 5.82 Å². The van der Waals surface area contributed by atoms with Crippen LogP contribution < -0.4 is 0 Å². The second kappa shape index (κ2) is 14.1.